The smallest absolute Gasteiger partial charge is 0.412 e. The first-order valence-corrected chi connectivity index (χ1v) is 6.71. The summed E-state index contributed by atoms with van der Waals surface area (Å²) >= 11 is 0. The van der Waals surface area contributed by atoms with Crippen molar-refractivity contribution in [2.24, 2.45) is 5.73 Å². The minimum absolute atomic E-state index is 0.0110. The van der Waals surface area contributed by atoms with Gasteiger partial charge in [0.05, 0.1) is 0 Å². The third kappa shape index (κ3) is 6.02. The van der Waals surface area contributed by atoms with Crippen LogP contribution in [0, 0.1) is 5.82 Å². The largest absolute Gasteiger partial charge is 0.444 e. The quantitative estimate of drug-likeness (QED) is 0.889. The van der Waals surface area contributed by atoms with Crippen LogP contribution in [0.4, 0.5) is 14.9 Å². The molecule has 1 atom stereocenters. The van der Waals surface area contributed by atoms with Crippen molar-refractivity contribution in [3.05, 3.63) is 29.6 Å². The number of nitrogens with two attached hydrogens (primary N) is 1. The predicted molar refractivity (Wildman–Crippen MR) is 78.2 cm³/mol. The van der Waals surface area contributed by atoms with Crippen LogP contribution in [0.1, 0.15) is 39.7 Å². The maximum Gasteiger partial charge on any atom is 0.412 e. The van der Waals surface area contributed by atoms with Gasteiger partial charge in [-0.3, -0.25) is 5.32 Å². The molecule has 1 unspecified atom stereocenters. The van der Waals surface area contributed by atoms with Crippen molar-refractivity contribution < 1.29 is 13.9 Å². The van der Waals surface area contributed by atoms with Gasteiger partial charge in [-0.1, -0.05) is 0 Å². The van der Waals surface area contributed by atoms with Crippen molar-refractivity contribution in [3.63, 3.8) is 0 Å². The van der Waals surface area contributed by atoms with Crippen molar-refractivity contribution in [2.75, 3.05) is 5.32 Å². The van der Waals surface area contributed by atoms with Crippen molar-refractivity contribution in [3.8, 4) is 0 Å². The fourth-order valence-corrected chi connectivity index (χ4v) is 1.65. The lowest BCUT2D eigenvalue weighted by Gasteiger charge is -2.20. The lowest BCUT2D eigenvalue weighted by molar-refractivity contribution is 0.0636. The fourth-order valence-electron chi connectivity index (χ4n) is 1.65. The van der Waals surface area contributed by atoms with E-state index in [1.54, 1.807) is 26.8 Å². The standard InChI is InChI=1S/C15H23FN2O2/c1-10(17)5-6-11-9-12(7-8-13(11)16)18-14(19)20-15(2,3)4/h7-10H,5-6,17H2,1-4H3,(H,18,19). The lowest BCUT2D eigenvalue weighted by Crippen LogP contribution is -2.27. The van der Waals surface area contributed by atoms with Gasteiger partial charge in [-0.2, -0.15) is 0 Å². The number of carbonyl (C=O) groups is 1. The second-order valence-corrected chi connectivity index (χ2v) is 5.95. The first kappa shape index (κ1) is 16.4. The number of anilines is 1. The lowest BCUT2D eigenvalue weighted by atomic mass is 10.1. The maximum absolute atomic E-state index is 13.6. The summed E-state index contributed by atoms with van der Waals surface area (Å²) in [6, 6.07) is 4.47. The first-order valence-electron chi connectivity index (χ1n) is 6.71. The number of aryl methyl sites for hydroxylation is 1. The van der Waals surface area contributed by atoms with Gasteiger partial charge < -0.3 is 10.5 Å². The molecule has 0 aliphatic carbocycles. The van der Waals surface area contributed by atoms with E-state index in [0.717, 1.165) is 0 Å². The molecular weight excluding hydrogens is 259 g/mol. The van der Waals surface area contributed by atoms with Crippen LogP contribution in [0.15, 0.2) is 18.2 Å². The highest BCUT2D eigenvalue weighted by atomic mass is 19.1. The Morgan fingerprint density at radius 2 is 2.10 bits per heavy atom. The van der Waals surface area contributed by atoms with E-state index in [1.807, 2.05) is 6.92 Å². The Morgan fingerprint density at radius 1 is 1.45 bits per heavy atom. The van der Waals surface area contributed by atoms with Crippen molar-refractivity contribution in [1.82, 2.24) is 0 Å². The summed E-state index contributed by atoms with van der Waals surface area (Å²) in [6.45, 7) is 7.22. The number of amides is 1. The molecule has 0 aromatic heterocycles. The molecule has 0 saturated carbocycles. The van der Waals surface area contributed by atoms with Crippen molar-refractivity contribution in [2.45, 2.75) is 52.2 Å². The minimum atomic E-state index is -0.568. The van der Waals surface area contributed by atoms with Crippen molar-refractivity contribution in [1.29, 1.82) is 0 Å². The molecule has 3 N–H and O–H groups in total. The van der Waals surface area contributed by atoms with Gasteiger partial charge in [0.25, 0.3) is 0 Å². The average molecular weight is 282 g/mol. The van der Waals surface area contributed by atoms with E-state index in [1.165, 1.54) is 12.1 Å². The summed E-state index contributed by atoms with van der Waals surface area (Å²) in [5.74, 6) is -0.291. The zero-order valence-corrected chi connectivity index (χ0v) is 12.5. The second-order valence-electron chi connectivity index (χ2n) is 5.95. The number of nitrogens with one attached hydrogen (secondary N) is 1. The molecule has 1 aromatic rings. The Labute approximate surface area is 119 Å². The Morgan fingerprint density at radius 3 is 2.65 bits per heavy atom. The zero-order chi connectivity index (χ0) is 15.3. The topological polar surface area (TPSA) is 64.3 Å². The molecule has 112 valence electrons. The van der Waals surface area contributed by atoms with E-state index >= 15 is 0 Å². The molecule has 1 amide bonds. The normalized spacial score (nSPS) is 12.9. The number of rotatable bonds is 4. The molecule has 0 radical (unpaired) electrons. The van der Waals surface area contributed by atoms with E-state index in [2.05, 4.69) is 5.32 Å². The number of halogens is 1. The number of benzene rings is 1. The van der Waals surface area contributed by atoms with E-state index in [0.29, 0.717) is 24.1 Å². The van der Waals surface area contributed by atoms with Crippen LogP contribution in [0.5, 0.6) is 0 Å². The Kier molecular flexibility index (Phi) is 5.51. The van der Waals surface area contributed by atoms with E-state index < -0.39 is 11.7 Å². The summed E-state index contributed by atoms with van der Waals surface area (Å²) in [5.41, 5.74) is 6.15. The average Bonchev–Trinajstić information content (AvgIpc) is 2.27. The molecule has 4 nitrogen and oxygen atoms in total. The summed E-state index contributed by atoms with van der Waals surface area (Å²) in [5, 5.41) is 2.59. The van der Waals surface area contributed by atoms with Crippen LogP contribution in [0.3, 0.4) is 0 Å². The van der Waals surface area contributed by atoms with E-state index in [-0.39, 0.29) is 11.9 Å². The SMILES string of the molecule is CC(N)CCc1cc(NC(=O)OC(C)(C)C)ccc1F. The monoisotopic (exact) mass is 282 g/mol. The van der Waals surface area contributed by atoms with Gasteiger partial charge in [-0.15, -0.1) is 0 Å². The highest BCUT2D eigenvalue weighted by Gasteiger charge is 2.16. The van der Waals surface area contributed by atoms with E-state index in [9.17, 15) is 9.18 Å². The molecule has 0 spiro atoms. The molecule has 20 heavy (non-hydrogen) atoms. The molecule has 1 rings (SSSR count). The Balaban J connectivity index is 2.72. The Bertz CT molecular complexity index is 467. The maximum atomic E-state index is 13.6. The Hall–Kier alpha value is -1.62. The van der Waals surface area contributed by atoms with Gasteiger partial charge in [-0.05, 0) is 64.3 Å². The van der Waals surface area contributed by atoms with Gasteiger partial charge in [0.2, 0.25) is 0 Å². The molecule has 0 saturated heterocycles. The van der Waals surface area contributed by atoms with Crippen LogP contribution in [0.2, 0.25) is 0 Å². The van der Waals surface area contributed by atoms with Crippen LogP contribution in [0.25, 0.3) is 0 Å². The number of hydrogen-bond donors (Lipinski definition) is 2. The predicted octanol–water partition coefficient (Wildman–Crippen LogP) is 3.45. The third-order valence-electron chi connectivity index (χ3n) is 2.56. The highest BCUT2D eigenvalue weighted by molar-refractivity contribution is 5.84. The highest BCUT2D eigenvalue weighted by Crippen LogP contribution is 2.18. The first-order chi connectivity index (χ1) is 9.17. The van der Waals surface area contributed by atoms with E-state index in [4.69, 9.17) is 10.5 Å². The van der Waals surface area contributed by atoms with Crippen molar-refractivity contribution >= 4 is 11.8 Å². The number of carbonyl (C=O) groups excluding carboxylic acids is 1. The second kappa shape index (κ2) is 6.70. The van der Waals surface area contributed by atoms with Crippen LogP contribution < -0.4 is 11.1 Å². The molecule has 0 aliphatic heterocycles. The molecular formula is C15H23FN2O2. The molecule has 0 aliphatic rings. The molecule has 1 aromatic carbocycles. The summed E-state index contributed by atoms with van der Waals surface area (Å²) in [6.07, 6.45) is 0.669. The van der Waals surface area contributed by atoms with Gasteiger partial charge >= 0.3 is 6.09 Å². The van der Waals surface area contributed by atoms with Crippen LogP contribution in [-0.4, -0.2) is 17.7 Å². The third-order valence-corrected chi connectivity index (χ3v) is 2.56. The van der Waals surface area contributed by atoms with Gasteiger partial charge in [0.15, 0.2) is 0 Å². The van der Waals surface area contributed by atoms with Gasteiger partial charge in [0.1, 0.15) is 11.4 Å². The van der Waals surface area contributed by atoms with Gasteiger partial charge in [0, 0.05) is 11.7 Å². The summed E-state index contributed by atoms with van der Waals surface area (Å²) in [4.78, 5) is 11.6. The number of ether oxygens (including phenoxy) is 1. The fraction of sp³-hybridized carbons (Fsp3) is 0.533. The molecule has 0 heterocycles. The number of hydrogen-bond acceptors (Lipinski definition) is 3. The van der Waals surface area contributed by atoms with Gasteiger partial charge in [-0.25, -0.2) is 9.18 Å². The summed E-state index contributed by atoms with van der Waals surface area (Å²) in [7, 11) is 0. The zero-order valence-electron chi connectivity index (χ0n) is 12.5. The molecule has 0 fully saturated rings. The van der Waals surface area contributed by atoms with Crippen LogP contribution in [-0.2, 0) is 11.2 Å². The summed E-state index contributed by atoms with van der Waals surface area (Å²) < 4.78 is 18.8. The molecule has 0 bridgehead atoms. The molecule has 5 heteroatoms. The van der Waals surface area contributed by atoms with Crippen LogP contribution >= 0.6 is 0 Å². The minimum Gasteiger partial charge on any atom is -0.444 e.